The lowest BCUT2D eigenvalue weighted by Gasteiger charge is -2.29. The zero-order valence-electron chi connectivity index (χ0n) is 13.7. The van der Waals surface area contributed by atoms with Gasteiger partial charge >= 0.3 is 0 Å². The van der Waals surface area contributed by atoms with Crippen LogP contribution < -0.4 is 5.32 Å². The highest BCUT2D eigenvalue weighted by Crippen LogP contribution is 2.20. The number of hydrogen-bond acceptors (Lipinski definition) is 5. The van der Waals surface area contributed by atoms with Crippen LogP contribution in [-0.4, -0.2) is 70.2 Å². The van der Waals surface area contributed by atoms with E-state index >= 15 is 0 Å². The van der Waals surface area contributed by atoms with Gasteiger partial charge in [0, 0.05) is 37.7 Å². The fourth-order valence-corrected chi connectivity index (χ4v) is 2.97. The van der Waals surface area contributed by atoms with Crippen molar-refractivity contribution in [2.45, 2.75) is 6.54 Å². The highest BCUT2D eigenvalue weighted by Gasteiger charge is 2.18. The lowest BCUT2D eigenvalue weighted by atomic mass is 10.1. The third-order valence-corrected chi connectivity index (χ3v) is 4.26. The number of nitrogens with one attached hydrogen (secondary N) is 1. The number of hydrogen-bond donors (Lipinski definition) is 1. The minimum Gasteiger partial charge on any atom is -0.339 e. The number of benzene rings is 1. The van der Waals surface area contributed by atoms with Gasteiger partial charge in [0.15, 0.2) is 0 Å². The minimum absolute atomic E-state index is 0.162. The van der Waals surface area contributed by atoms with Crippen LogP contribution in [0.4, 0.5) is 0 Å². The molecule has 1 N–H and O–H groups in total. The fourth-order valence-electron chi connectivity index (χ4n) is 2.81. The van der Waals surface area contributed by atoms with E-state index in [4.69, 9.17) is 11.6 Å². The number of halogens is 1. The molecular formula is C16H21ClN6O. The standard InChI is InChI=1S/C16H21ClN6O/c1-21(10-16(24)22-6-4-18-5-7-22)9-13-2-3-14(17)8-15(13)23-12-19-11-20-23/h2-3,8,11-12,18H,4-7,9-10H2,1H3. The van der Waals surface area contributed by atoms with Gasteiger partial charge in [-0.2, -0.15) is 5.10 Å². The van der Waals surface area contributed by atoms with Crippen molar-refractivity contribution in [3.63, 3.8) is 0 Å². The van der Waals surface area contributed by atoms with Crippen LogP contribution in [0.1, 0.15) is 5.56 Å². The maximum Gasteiger partial charge on any atom is 0.236 e. The summed E-state index contributed by atoms with van der Waals surface area (Å²) in [4.78, 5) is 20.3. The SMILES string of the molecule is CN(CC(=O)N1CCNCC1)Cc1ccc(Cl)cc1-n1cncn1. The van der Waals surface area contributed by atoms with Gasteiger partial charge in [-0.1, -0.05) is 17.7 Å². The third kappa shape index (κ3) is 4.11. The van der Waals surface area contributed by atoms with Crippen molar-refractivity contribution < 1.29 is 4.79 Å². The van der Waals surface area contributed by atoms with E-state index in [-0.39, 0.29) is 5.91 Å². The summed E-state index contributed by atoms with van der Waals surface area (Å²) in [6.45, 7) is 4.30. The summed E-state index contributed by atoms with van der Waals surface area (Å²) >= 11 is 6.11. The maximum absolute atomic E-state index is 12.4. The Labute approximate surface area is 146 Å². The van der Waals surface area contributed by atoms with Crippen molar-refractivity contribution >= 4 is 17.5 Å². The minimum atomic E-state index is 0.162. The largest absolute Gasteiger partial charge is 0.339 e. The first-order valence-corrected chi connectivity index (χ1v) is 8.32. The molecule has 0 spiro atoms. The molecule has 1 fully saturated rings. The van der Waals surface area contributed by atoms with Gasteiger partial charge < -0.3 is 10.2 Å². The summed E-state index contributed by atoms with van der Waals surface area (Å²) in [7, 11) is 1.94. The first-order chi connectivity index (χ1) is 11.6. The molecule has 0 unspecified atom stereocenters. The molecule has 1 aromatic carbocycles. The van der Waals surface area contributed by atoms with Gasteiger partial charge in [0.05, 0.1) is 12.2 Å². The maximum atomic E-state index is 12.4. The average molecular weight is 349 g/mol. The predicted molar refractivity (Wildman–Crippen MR) is 92.2 cm³/mol. The molecule has 0 saturated carbocycles. The monoisotopic (exact) mass is 348 g/mol. The smallest absolute Gasteiger partial charge is 0.236 e. The van der Waals surface area contributed by atoms with Gasteiger partial charge in [0.1, 0.15) is 12.7 Å². The molecule has 128 valence electrons. The normalized spacial score (nSPS) is 15.0. The Hall–Kier alpha value is -1.96. The molecule has 0 radical (unpaired) electrons. The summed E-state index contributed by atoms with van der Waals surface area (Å²) in [5.41, 5.74) is 1.92. The topological polar surface area (TPSA) is 66.3 Å². The lowest BCUT2D eigenvalue weighted by Crippen LogP contribution is -2.49. The average Bonchev–Trinajstić information content (AvgIpc) is 3.11. The second-order valence-electron chi connectivity index (χ2n) is 5.92. The fraction of sp³-hybridized carbons (Fsp3) is 0.438. The van der Waals surface area contributed by atoms with Crippen LogP contribution in [0.3, 0.4) is 0 Å². The number of piperazine rings is 1. The van der Waals surface area contributed by atoms with E-state index in [0.717, 1.165) is 37.4 Å². The Balaban J connectivity index is 1.68. The molecular weight excluding hydrogens is 328 g/mol. The van der Waals surface area contributed by atoms with Crippen LogP contribution in [0, 0.1) is 0 Å². The molecule has 1 aliphatic heterocycles. The molecule has 1 saturated heterocycles. The molecule has 3 rings (SSSR count). The molecule has 0 bridgehead atoms. The van der Waals surface area contributed by atoms with Gasteiger partial charge in [0.25, 0.3) is 0 Å². The second kappa shape index (κ2) is 7.74. The van der Waals surface area contributed by atoms with Crippen molar-refractivity contribution in [1.29, 1.82) is 0 Å². The summed E-state index contributed by atoms with van der Waals surface area (Å²) < 4.78 is 1.69. The quantitative estimate of drug-likeness (QED) is 0.865. The van der Waals surface area contributed by atoms with Crippen LogP contribution in [0.15, 0.2) is 30.9 Å². The molecule has 1 amide bonds. The molecule has 0 atom stereocenters. The Kier molecular flexibility index (Phi) is 5.44. The molecule has 2 aromatic rings. The summed E-state index contributed by atoms with van der Waals surface area (Å²) in [5, 5.41) is 8.07. The van der Waals surface area contributed by atoms with Gasteiger partial charge in [-0.15, -0.1) is 0 Å². The zero-order chi connectivity index (χ0) is 16.9. The molecule has 1 aromatic heterocycles. The molecule has 24 heavy (non-hydrogen) atoms. The Bertz CT molecular complexity index is 684. The van der Waals surface area contributed by atoms with Crippen molar-refractivity contribution in [1.82, 2.24) is 29.9 Å². The third-order valence-electron chi connectivity index (χ3n) is 4.03. The second-order valence-corrected chi connectivity index (χ2v) is 6.35. The number of nitrogens with zero attached hydrogens (tertiary/aromatic N) is 5. The van der Waals surface area contributed by atoms with Crippen LogP contribution in [0.2, 0.25) is 5.02 Å². The Morgan fingerprint density at radius 2 is 2.17 bits per heavy atom. The predicted octanol–water partition coefficient (Wildman–Crippen LogP) is 0.784. The first kappa shape index (κ1) is 16.9. The molecule has 1 aliphatic rings. The van der Waals surface area contributed by atoms with Gasteiger partial charge in [-0.05, 0) is 24.7 Å². The highest BCUT2D eigenvalue weighted by atomic mass is 35.5. The summed E-state index contributed by atoms with van der Waals surface area (Å²) in [5.74, 6) is 0.162. The van der Waals surface area contributed by atoms with Crippen LogP contribution in [-0.2, 0) is 11.3 Å². The number of aromatic nitrogens is 3. The number of amides is 1. The molecule has 7 nitrogen and oxygen atoms in total. The zero-order valence-corrected chi connectivity index (χ0v) is 14.4. The van der Waals surface area contributed by atoms with Gasteiger partial charge in [0.2, 0.25) is 5.91 Å². The number of carbonyl (C=O) groups excluding carboxylic acids is 1. The van der Waals surface area contributed by atoms with Crippen LogP contribution in [0.5, 0.6) is 0 Å². The summed E-state index contributed by atoms with van der Waals surface area (Å²) in [6, 6.07) is 5.67. The highest BCUT2D eigenvalue weighted by molar-refractivity contribution is 6.30. The van der Waals surface area contributed by atoms with Crippen molar-refractivity contribution in [3.8, 4) is 5.69 Å². The molecule has 8 heteroatoms. The molecule has 0 aliphatic carbocycles. The van der Waals surface area contributed by atoms with Crippen molar-refractivity contribution in [2.75, 3.05) is 39.8 Å². The number of carbonyl (C=O) groups is 1. The van der Waals surface area contributed by atoms with E-state index in [9.17, 15) is 4.79 Å². The van der Waals surface area contributed by atoms with E-state index in [0.29, 0.717) is 18.1 Å². The number of rotatable bonds is 5. The van der Waals surface area contributed by atoms with E-state index in [1.807, 2.05) is 35.0 Å². The van der Waals surface area contributed by atoms with Gasteiger partial charge in [-0.25, -0.2) is 9.67 Å². The number of likely N-dealkylation sites (N-methyl/N-ethyl adjacent to an activating group) is 1. The Morgan fingerprint density at radius 3 is 2.88 bits per heavy atom. The molecule has 2 heterocycles. The first-order valence-electron chi connectivity index (χ1n) is 7.94. The van der Waals surface area contributed by atoms with Crippen molar-refractivity contribution in [2.24, 2.45) is 0 Å². The van der Waals surface area contributed by atoms with Crippen LogP contribution >= 0.6 is 11.6 Å². The van der Waals surface area contributed by atoms with Gasteiger partial charge in [-0.3, -0.25) is 9.69 Å². The Morgan fingerprint density at radius 1 is 1.38 bits per heavy atom. The van der Waals surface area contributed by atoms with Crippen LogP contribution in [0.25, 0.3) is 5.69 Å². The van der Waals surface area contributed by atoms with Crippen molar-refractivity contribution in [3.05, 3.63) is 41.4 Å². The van der Waals surface area contributed by atoms with E-state index in [1.165, 1.54) is 6.33 Å². The lowest BCUT2D eigenvalue weighted by molar-refractivity contribution is -0.132. The van der Waals surface area contributed by atoms with E-state index in [2.05, 4.69) is 15.4 Å². The summed E-state index contributed by atoms with van der Waals surface area (Å²) in [6.07, 6.45) is 3.13. The van der Waals surface area contributed by atoms with E-state index < -0.39 is 0 Å². The van der Waals surface area contributed by atoms with E-state index in [1.54, 1.807) is 11.0 Å².